The van der Waals surface area contributed by atoms with Crippen molar-refractivity contribution in [3.8, 4) is 5.75 Å². The number of rotatable bonds is 12. The summed E-state index contributed by atoms with van der Waals surface area (Å²) in [7, 11) is 0. The van der Waals surface area contributed by atoms with Crippen molar-refractivity contribution in [2.24, 2.45) is 0 Å². The summed E-state index contributed by atoms with van der Waals surface area (Å²) in [6, 6.07) is 14.6. The number of carbonyl (C=O) groups is 1. The molecule has 0 fully saturated rings. The predicted octanol–water partition coefficient (Wildman–Crippen LogP) is 5.46. The molecule has 0 radical (unpaired) electrons. The van der Waals surface area contributed by atoms with Crippen molar-refractivity contribution >= 4 is 41.1 Å². The lowest BCUT2D eigenvalue weighted by molar-refractivity contribution is -0.133. The number of unbranched alkanes of at least 4 members (excludes halogenated alkanes) is 1. The summed E-state index contributed by atoms with van der Waals surface area (Å²) in [5.41, 5.74) is 3.08. The third-order valence-electron chi connectivity index (χ3n) is 5.86. The zero-order chi connectivity index (χ0) is 23.7. The standard InChI is InChI=1S/C25H34N2O4S2/c1-3-5-11-25(4-2)18-27(20-9-7-6-8-10-20)21-15-22(31-13-12-28)19(14-23(21)33-26-25)16-32-17-24(29)30/h6-10,14-15,26,28H,3-5,11-13,16-18H2,1-2H3,(H,29,30)/t25-/m0/s1. The first-order valence-corrected chi connectivity index (χ1v) is 13.5. The third kappa shape index (κ3) is 6.82. The smallest absolute Gasteiger partial charge is 0.313 e. The van der Waals surface area contributed by atoms with E-state index in [0.717, 1.165) is 54.1 Å². The fraction of sp³-hybridized carbons (Fsp3) is 0.480. The minimum absolute atomic E-state index is 0.0357. The number of nitrogens with one attached hydrogen (secondary N) is 1. The van der Waals surface area contributed by atoms with Gasteiger partial charge in [0.25, 0.3) is 0 Å². The number of anilines is 2. The van der Waals surface area contributed by atoms with E-state index in [9.17, 15) is 9.90 Å². The number of fused-ring (bicyclic) bond motifs is 1. The molecular weight excluding hydrogens is 456 g/mol. The van der Waals surface area contributed by atoms with Gasteiger partial charge in [0.2, 0.25) is 0 Å². The van der Waals surface area contributed by atoms with Crippen molar-refractivity contribution in [3.63, 3.8) is 0 Å². The van der Waals surface area contributed by atoms with Crippen LogP contribution in [0.2, 0.25) is 0 Å². The van der Waals surface area contributed by atoms with Gasteiger partial charge in [-0.3, -0.25) is 9.52 Å². The number of aliphatic carboxylic acids is 1. The van der Waals surface area contributed by atoms with Crippen LogP contribution in [0.4, 0.5) is 11.4 Å². The summed E-state index contributed by atoms with van der Waals surface area (Å²) in [6.07, 6.45) is 4.39. The van der Waals surface area contributed by atoms with Gasteiger partial charge in [0.05, 0.1) is 18.0 Å². The van der Waals surface area contributed by atoms with Crippen LogP contribution in [0.5, 0.6) is 5.75 Å². The minimum Gasteiger partial charge on any atom is -0.491 e. The van der Waals surface area contributed by atoms with E-state index in [1.54, 1.807) is 11.9 Å². The average Bonchev–Trinajstić information content (AvgIpc) is 2.99. The van der Waals surface area contributed by atoms with E-state index in [-0.39, 0.29) is 24.5 Å². The Hall–Kier alpha value is -1.87. The summed E-state index contributed by atoms with van der Waals surface area (Å²) in [5.74, 6) is 0.428. The second-order valence-electron chi connectivity index (χ2n) is 8.25. The topological polar surface area (TPSA) is 82.0 Å². The molecule has 0 saturated heterocycles. The molecule has 1 aliphatic rings. The number of thioether (sulfide) groups is 1. The number of aliphatic hydroxyl groups excluding tert-OH is 1. The molecule has 0 amide bonds. The molecule has 3 rings (SSSR count). The van der Waals surface area contributed by atoms with Crippen LogP contribution in [0.3, 0.4) is 0 Å². The molecule has 0 saturated carbocycles. The van der Waals surface area contributed by atoms with Crippen LogP contribution in [0, 0.1) is 0 Å². The van der Waals surface area contributed by atoms with Crippen LogP contribution in [-0.4, -0.2) is 47.2 Å². The van der Waals surface area contributed by atoms with Gasteiger partial charge in [0.1, 0.15) is 12.4 Å². The van der Waals surface area contributed by atoms with Crippen LogP contribution < -0.4 is 14.4 Å². The van der Waals surface area contributed by atoms with Gasteiger partial charge in [0, 0.05) is 40.0 Å². The van der Waals surface area contributed by atoms with E-state index in [2.05, 4.69) is 59.9 Å². The van der Waals surface area contributed by atoms with Gasteiger partial charge in [-0.2, -0.15) is 0 Å². The SMILES string of the molecule is CCCC[C@@]1(CC)CN(c2ccccc2)c2cc(OCCO)c(CSCC(=O)O)cc2SN1. The molecule has 0 bridgehead atoms. The van der Waals surface area contributed by atoms with Crippen molar-refractivity contribution in [1.82, 2.24) is 4.72 Å². The molecule has 0 spiro atoms. The van der Waals surface area contributed by atoms with Crippen molar-refractivity contribution in [2.45, 2.75) is 55.7 Å². The van der Waals surface area contributed by atoms with Crippen molar-refractivity contribution in [2.75, 3.05) is 30.4 Å². The lowest BCUT2D eigenvalue weighted by Gasteiger charge is -2.37. The van der Waals surface area contributed by atoms with Crippen LogP contribution in [0.15, 0.2) is 47.4 Å². The summed E-state index contributed by atoms with van der Waals surface area (Å²) in [6.45, 7) is 5.42. The maximum absolute atomic E-state index is 11.0. The summed E-state index contributed by atoms with van der Waals surface area (Å²) < 4.78 is 9.70. The summed E-state index contributed by atoms with van der Waals surface area (Å²) in [4.78, 5) is 14.5. The Bertz CT molecular complexity index is 913. The first-order chi connectivity index (χ1) is 16.0. The molecule has 6 nitrogen and oxygen atoms in total. The van der Waals surface area contributed by atoms with Crippen molar-refractivity contribution in [3.05, 3.63) is 48.0 Å². The molecule has 33 heavy (non-hydrogen) atoms. The average molecular weight is 491 g/mol. The van der Waals surface area contributed by atoms with E-state index < -0.39 is 5.97 Å². The van der Waals surface area contributed by atoms with Crippen molar-refractivity contribution < 1.29 is 19.7 Å². The Morgan fingerprint density at radius 1 is 1.27 bits per heavy atom. The number of nitrogens with zero attached hydrogens (tertiary/aromatic N) is 1. The number of carboxylic acids is 1. The third-order valence-corrected chi connectivity index (χ3v) is 7.90. The van der Waals surface area contributed by atoms with E-state index in [0.29, 0.717) is 11.5 Å². The molecule has 2 aromatic rings. The number of para-hydroxylation sites is 1. The monoisotopic (exact) mass is 490 g/mol. The van der Waals surface area contributed by atoms with E-state index in [4.69, 9.17) is 9.84 Å². The van der Waals surface area contributed by atoms with Crippen LogP contribution >= 0.6 is 23.7 Å². The largest absolute Gasteiger partial charge is 0.491 e. The number of carboxylic acid groups (broad SMARTS) is 1. The normalized spacial score (nSPS) is 18.0. The molecule has 2 aromatic carbocycles. The lowest BCUT2D eigenvalue weighted by atomic mass is 9.89. The number of ether oxygens (including phenoxy) is 1. The highest BCUT2D eigenvalue weighted by molar-refractivity contribution is 7.99. The van der Waals surface area contributed by atoms with E-state index in [1.165, 1.54) is 11.8 Å². The zero-order valence-corrected chi connectivity index (χ0v) is 21.0. The minimum atomic E-state index is -0.831. The second-order valence-corrected chi connectivity index (χ2v) is 10.1. The van der Waals surface area contributed by atoms with Gasteiger partial charge < -0.3 is 19.8 Å². The maximum Gasteiger partial charge on any atom is 0.313 e. The Morgan fingerprint density at radius 2 is 2.06 bits per heavy atom. The number of hydrogen-bond donors (Lipinski definition) is 3. The number of hydrogen-bond acceptors (Lipinski definition) is 7. The molecular formula is C25H34N2O4S2. The van der Waals surface area contributed by atoms with Gasteiger partial charge >= 0.3 is 5.97 Å². The Kier molecular flexibility index (Phi) is 9.79. The fourth-order valence-corrected chi connectivity index (χ4v) is 5.80. The van der Waals surface area contributed by atoms with Gasteiger partial charge in [-0.1, -0.05) is 44.9 Å². The Morgan fingerprint density at radius 3 is 2.73 bits per heavy atom. The quantitative estimate of drug-likeness (QED) is 0.338. The Labute approximate surface area is 205 Å². The lowest BCUT2D eigenvalue weighted by Crippen LogP contribution is -2.48. The first-order valence-electron chi connectivity index (χ1n) is 11.5. The first kappa shape index (κ1) is 25.7. The molecule has 3 N–H and O–H groups in total. The van der Waals surface area contributed by atoms with Crippen LogP contribution in [0.1, 0.15) is 45.1 Å². The maximum atomic E-state index is 11.0. The predicted molar refractivity (Wildman–Crippen MR) is 138 cm³/mol. The molecule has 180 valence electrons. The van der Waals surface area contributed by atoms with E-state index >= 15 is 0 Å². The fourth-order valence-electron chi connectivity index (χ4n) is 3.96. The highest BCUT2D eigenvalue weighted by atomic mass is 32.2. The molecule has 0 aliphatic carbocycles. The summed E-state index contributed by atoms with van der Waals surface area (Å²) >= 11 is 3.00. The van der Waals surface area contributed by atoms with Gasteiger partial charge in [-0.05, 0) is 43.0 Å². The second kappa shape index (κ2) is 12.6. The highest BCUT2D eigenvalue weighted by Gasteiger charge is 2.35. The molecule has 8 heteroatoms. The van der Waals surface area contributed by atoms with Gasteiger partial charge in [-0.25, -0.2) is 0 Å². The molecule has 1 aliphatic heterocycles. The molecule has 0 unspecified atom stereocenters. The molecule has 1 heterocycles. The molecule has 0 aromatic heterocycles. The van der Waals surface area contributed by atoms with Gasteiger partial charge in [0.15, 0.2) is 0 Å². The van der Waals surface area contributed by atoms with Crippen LogP contribution in [0.25, 0.3) is 0 Å². The summed E-state index contributed by atoms with van der Waals surface area (Å²) in [5, 5.41) is 18.4. The number of benzene rings is 2. The number of aliphatic hydroxyl groups is 1. The van der Waals surface area contributed by atoms with Crippen LogP contribution in [-0.2, 0) is 10.5 Å². The Balaban J connectivity index is 2.05. The zero-order valence-electron chi connectivity index (χ0n) is 19.4. The molecule has 1 atom stereocenters. The highest BCUT2D eigenvalue weighted by Crippen LogP contribution is 2.44. The van der Waals surface area contributed by atoms with Gasteiger partial charge in [-0.15, -0.1) is 11.8 Å². The van der Waals surface area contributed by atoms with Crippen molar-refractivity contribution in [1.29, 1.82) is 0 Å². The van der Waals surface area contributed by atoms with E-state index in [1.807, 2.05) is 6.07 Å².